The quantitative estimate of drug-likeness (QED) is 0.797. The molecule has 5 heteroatoms. The molecule has 26 heavy (non-hydrogen) atoms. The highest BCUT2D eigenvalue weighted by Crippen LogP contribution is 2.47. The Labute approximate surface area is 154 Å². The number of anilines is 2. The van der Waals surface area contributed by atoms with Crippen molar-refractivity contribution in [3.8, 4) is 0 Å². The minimum absolute atomic E-state index is 0.153. The van der Waals surface area contributed by atoms with Gasteiger partial charge in [0.05, 0.1) is 29.2 Å². The molecule has 1 aromatic heterocycles. The Morgan fingerprint density at radius 2 is 2.12 bits per heavy atom. The summed E-state index contributed by atoms with van der Waals surface area (Å²) < 4.78 is 6.21. The van der Waals surface area contributed by atoms with E-state index in [0.29, 0.717) is 12.1 Å². The second-order valence-electron chi connectivity index (χ2n) is 7.92. The SMILES string of the molecule is C=CCN1c2cc3cn[nH]c3c(C3CCCCO3)c2N[C@@H]2CCCC[C@@H]21. The lowest BCUT2D eigenvalue weighted by Crippen LogP contribution is -2.52. The first-order chi connectivity index (χ1) is 12.9. The van der Waals surface area contributed by atoms with E-state index in [1.54, 1.807) is 0 Å². The fraction of sp³-hybridized carbons (Fsp3) is 0.571. The van der Waals surface area contributed by atoms with Gasteiger partial charge in [0.2, 0.25) is 0 Å². The Kier molecular flexibility index (Phi) is 4.12. The van der Waals surface area contributed by atoms with Crippen molar-refractivity contribution < 1.29 is 4.74 Å². The maximum absolute atomic E-state index is 6.21. The molecule has 2 fully saturated rings. The van der Waals surface area contributed by atoms with Gasteiger partial charge in [-0.15, -0.1) is 6.58 Å². The Balaban J connectivity index is 1.69. The van der Waals surface area contributed by atoms with Crippen molar-refractivity contribution in [2.75, 3.05) is 23.4 Å². The van der Waals surface area contributed by atoms with Crippen molar-refractivity contribution >= 4 is 22.3 Å². The number of hydrogen-bond donors (Lipinski definition) is 2. The third kappa shape index (κ3) is 2.52. The molecule has 2 aliphatic heterocycles. The lowest BCUT2D eigenvalue weighted by molar-refractivity contribution is 0.0161. The van der Waals surface area contributed by atoms with Crippen molar-refractivity contribution in [2.24, 2.45) is 0 Å². The zero-order valence-electron chi connectivity index (χ0n) is 15.3. The molecule has 1 unspecified atom stereocenters. The monoisotopic (exact) mass is 352 g/mol. The van der Waals surface area contributed by atoms with E-state index < -0.39 is 0 Å². The molecule has 2 aromatic rings. The van der Waals surface area contributed by atoms with Crippen LogP contribution >= 0.6 is 0 Å². The first kappa shape index (κ1) is 16.2. The van der Waals surface area contributed by atoms with E-state index in [4.69, 9.17) is 4.74 Å². The van der Waals surface area contributed by atoms with Gasteiger partial charge in [0.25, 0.3) is 0 Å². The molecule has 0 radical (unpaired) electrons. The molecular formula is C21H28N4O. The number of aromatic amines is 1. The topological polar surface area (TPSA) is 53.2 Å². The summed E-state index contributed by atoms with van der Waals surface area (Å²) in [5.74, 6) is 0. The normalized spacial score (nSPS) is 28.3. The smallest absolute Gasteiger partial charge is 0.0866 e. The number of rotatable bonds is 3. The molecule has 3 atom stereocenters. The number of H-pyrrole nitrogens is 1. The van der Waals surface area contributed by atoms with Crippen molar-refractivity contribution in [3.63, 3.8) is 0 Å². The molecule has 5 nitrogen and oxygen atoms in total. The second kappa shape index (κ2) is 6.62. The van der Waals surface area contributed by atoms with Gasteiger partial charge < -0.3 is 15.0 Å². The van der Waals surface area contributed by atoms with Crippen LogP contribution in [0.5, 0.6) is 0 Å². The minimum atomic E-state index is 0.153. The maximum atomic E-state index is 6.21. The van der Waals surface area contributed by atoms with Crippen molar-refractivity contribution in [1.29, 1.82) is 0 Å². The summed E-state index contributed by atoms with van der Waals surface area (Å²) in [6.45, 7) is 5.77. The van der Waals surface area contributed by atoms with Gasteiger partial charge in [0.1, 0.15) is 0 Å². The molecule has 3 aliphatic rings. The molecule has 1 aromatic carbocycles. The molecule has 0 amide bonds. The first-order valence-corrected chi connectivity index (χ1v) is 10.1. The summed E-state index contributed by atoms with van der Waals surface area (Å²) >= 11 is 0. The van der Waals surface area contributed by atoms with Gasteiger partial charge in [-0.25, -0.2) is 0 Å². The Morgan fingerprint density at radius 1 is 1.23 bits per heavy atom. The van der Waals surface area contributed by atoms with Crippen molar-refractivity contribution in [2.45, 2.75) is 63.1 Å². The van der Waals surface area contributed by atoms with Gasteiger partial charge in [0, 0.05) is 36.2 Å². The highest BCUT2D eigenvalue weighted by Gasteiger charge is 2.38. The lowest BCUT2D eigenvalue weighted by Gasteiger charge is -2.47. The van der Waals surface area contributed by atoms with Crippen LogP contribution in [0.15, 0.2) is 24.9 Å². The predicted octanol–water partition coefficient (Wildman–Crippen LogP) is 4.53. The fourth-order valence-corrected chi connectivity index (χ4v) is 5.16. The molecule has 1 aliphatic carbocycles. The lowest BCUT2D eigenvalue weighted by atomic mass is 9.85. The number of benzene rings is 1. The van der Waals surface area contributed by atoms with E-state index in [1.165, 1.54) is 60.8 Å². The third-order valence-electron chi connectivity index (χ3n) is 6.35. The Morgan fingerprint density at radius 3 is 2.96 bits per heavy atom. The van der Waals surface area contributed by atoms with E-state index in [-0.39, 0.29) is 6.10 Å². The zero-order valence-corrected chi connectivity index (χ0v) is 15.3. The van der Waals surface area contributed by atoms with Gasteiger partial charge >= 0.3 is 0 Å². The summed E-state index contributed by atoms with van der Waals surface area (Å²) in [4.78, 5) is 2.57. The Bertz CT molecular complexity index is 808. The van der Waals surface area contributed by atoms with E-state index in [1.807, 2.05) is 12.3 Å². The van der Waals surface area contributed by atoms with Gasteiger partial charge in [-0.3, -0.25) is 5.10 Å². The number of hydrogen-bond acceptors (Lipinski definition) is 4. The largest absolute Gasteiger partial charge is 0.378 e. The van der Waals surface area contributed by atoms with Crippen LogP contribution in [-0.4, -0.2) is 35.4 Å². The van der Waals surface area contributed by atoms with Crippen molar-refractivity contribution in [1.82, 2.24) is 10.2 Å². The predicted molar refractivity (Wildman–Crippen MR) is 106 cm³/mol. The maximum Gasteiger partial charge on any atom is 0.0866 e. The van der Waals surface area contributed by atoms with Crippen molar-refractivity contribution in [3.05, 3.63) is 30.5 Å². The first-order valence-electron chi connectivity index (χ1n) is 10.1. The van der Waals surface area contributed by atoms with Crippen LogP contribution in [0.2, 0.25) is 0 Å². The molecule has 1 saturated carbocycles. The summed E-state index contributed by atoms with van der Waals surface area (Å²) in [5.41, 5.74) is 4.98. The van der Waals surface area contributed by atoms with Gasteiger partial charge in [-0.05, 0) is 38.2 Å². The zero-order chi connectivity index (χ0) is 17.5. The van der Waals surface area contributed by atoms with Crippen LogP contribution < -0.4 is 10.2 Å². The van der Waals surface area contributed by atoms with Crippen LogP contribution in [-0.2, 0) is 4.74 Å². The molecule has 3 heterocycles. The number of ether oxygens (including phenoxy) is 1. The standard InChI is InChI=1S/C21H28N4O/c1-2-10-25-16-8-4-3-7-15(16)23-21-17(25)12-14-13-22-24-20(14)19(21)18-9-5-6-11-26-18/h2,12-13,15-16,18,23H,1,3-11H2,(H,22,24)/t15-,16+,18?/m1/s1. The van der Waals surface area contributed by atoms with Gasteiger partial charge in [-0.2, -0.15) is 5.10 Å². The summed E-state index contributed by atoms with van der Waals surface area (Å²) in [6.07, 6.45) is 12.7. The van der Waals surface area contributed by atoms with E-state index >= 15 is 0 Å². The highest BCUT2D eigenvalue weighted by molar-refractivity contribution is 5.95. The van der Waals surface area contributed by atoms with Crippen LogP contribution in [0.25, 0.3) is 10.9 Å². The molecule has 1 saturated heterocycles. The molecule has 0 spiro atoms. The third-order valence-corrected chi connectivity index (χ3v) is 6.35. The molecule has 5 rings (SSSR count). The van der Waals surface area contributed by atoms with E-state index in [2.05, 4.69) is 33.1 Å². The van der Waals surface area contributed by atoms with E-state index in [0.717, 1.165) is 25.1 Å². The summed E-state index contributed by atoms with van der Waals surface area (Å²) in [5, 5.41) is 12.7. The van der Waals surface area contributed by atoms with Crippen LogP contribution in [0.3, 0.4) is 0 Å². The Hall–Kier alpha value is -2.01. The van der Waals surface area contributed by atoms with Gasteiger partial charge in [0.15, 0.2) is 0 Å². The van der Waals surface area contributed by atoms with E-state index in [9.17, 15) is 0 Å². The highest BCUT2D eigenvalue weighted by atomic mass is 16.5. The number of nitrogens with one attached hydrogen (secondary N) is 2. The van der Waals surface area contributed by atoms with Gasteiger partial charge in [-0.1, -0.05) is 18.9 Å². The number of nitrogens with zero attached hydrogens (tertiary/aromatic N) is 2. The average molecular weight is 352 g/mol. The molecular weight excluding hydrogens is 324 g/mol. The minimum Gasteiger partial charge on any atom is -0.378 e. The number of fused-ring (bicyclic) bond motifs is 3. The van der Waals surface area contributed by atoms with Crippen LogP contribution in [0, 0.1) is 0 Å². The number of aromatic nitrogens is 2. The molecule has 0 bridgehead atoms. The molecule has 2 N–H and O–H groups in total. The summed E-state index contributed by atoms with van der Waals surface area (Å²) in [6, 6.07) is 3.36. The molecule has 138 valence electrons. The summed E-state index contributed by atoms with van der Waals surface area (Å²) in [7, 11) is 0. The van der Waals surface area contributed by atoms with Crippen LogP contribution in [0.4, 0.5) is 11.4 Å². The average Bonchev–Trinajstić information content (AvgIpc) is 3.15. The fourth-order valence-electron chi connectivity index (χ4n) is 5.16. The van der Waals surface area contributed by atoms with Crippen LogP contribution in [0.1, 0.15) is 56.6 Å². The second-order valence-corrected chi connectivity index (χ2v) is 7.92.